The number of piperazine rings is 1. The zero-order valence-electron chi connectivity index (χ0n) is 36.4. The normalized spacial score (nSPS) is 36.0. The van der Waals surface area contributed by atoms with Crippen LogP contribution < -0.4 is 22.2 Å². The van der Waals surface area contributed by atoms with Gasteiger partial charge in [0.2, 0.25) is 5.78 Å². The summed E-state index contributed by atoms with van der Waals surface area (Å²) in [5, 5.41) is 25.7. The molecule has 0 aromatic heterocycles. The second kappa shape index (κ2) is 18.0. The van der Waals surface area contributed by atoms with Crippen LogP contribution in [-0.2, 0) is 39.7 Å². The Morgan fingerprint density at radius 1 is 1.11 bits per heavy atom. The molecule has 0 amide bonds. The molecule has 344 valence electrons. The molecule has 8 rings (SSSR count). The van der Waals surface area contributed by atoms with Crippen LogP contribution in [0.25, 0.3) is 0 Å². The van der Waals surface area contributed by atoms with Gasteiger partial charge in [0.15, 0.2) is 24.3 Å². The molecular formula is C45H65ClN3O12P. The van der Waals surface area contributed by atoms with Crippen LogP contribution in [0.5, 0.6) is 5.75 Å². The number of halogens is 1. The second-order valence-electron chi connectivity index (χ2n) is 19.8. The summed E-state index contributed by atoms with van der Waals surface area (Å²) in [6.07, 6.45) is 10.5. The maximum absolute atomic E-state index is 14.9. The smallest absolute Gasteiger partial charge is 0.524 e. The van der Waals surface area contributed by atoms with Crippen LogP contribution in [0.1, 0.15) is 88.9 Å². The van der Waals surface area contributed by atoms with Crippen molar-refractivity contribution >= 4 is 25.4 Å². The highest BCUT2D eigenvalue weighted by Crippen LogP contribution is 2.70. The summed E-state index contributed by atoms with van der Waals surface area (Å²) < 4.78 is 37.0. The zero-order chi connectivity index (χ0) is 43.5. The number of fused-ring (bicyclic) bond motifs is 7. The van der Waals surface area contributed by atoms with Crippen molar-refractivity contribution < 1.29 is 74.6 Å². The van der Waals surface area contributed by atoms with Gasteiger partial charge in [-0.2, -0.15) is 0 Å². The van der Waals surface area contributed by atoms with Crippen molar-refractivity contribution in [1.29, 1.82) is 0 Å². The van der Waals surface area contributed by atoms with Gasteiger partial charge < -0.3 is 51.2 Å². The molecule has 0 bridgehead atoms. The molecule has 0 spiro atoms. The first-order valence-electron chi connectivity index (χ1n) is 22.3. The van der Waals surface area contributed by atoms with Crippen molar-refractivity contribution in [3.63, 3.8) is 0 Å². The van der Waals surface area contributed by atoms with Crippen LogP contribution >= 0.6 is 7.82 Å². The first-order chi connectivity index (χ1) is 28.9. The third-order valence-electron chi connectivity index (χ3n) is 16.0. The third-order valence-corrected chi connectivity index (χ3v) is 16.4. The number of aliphatic hydroxyl groups is 2. The van der Waals surface area contributed by atoms with E-state index in [0.717, 1.165) is 50.5 Å². The lowest BCUT2D eigenvalue weighted by molar-refractivity contribution is -0.926. The number of carbonyl (C=O) groups is 3. The zero-order valence-corrected chi connectivity index (χ0v) is 38.0. The summed E-state index contributed by atoms with van der Waals surface area (Å²) >= 11 is 0. The summed E-state index contributed by atoms with van der Waals surface area (Å²) in [5.74, 6) is -0.656. The largest absolute Gasteiger partial charge is 1.00 e. The van der Waals surface area contributed by atoms with E-state index in [-0.39, 0.29) is 59.9 Å². The summed E-state index contributed by atoms with van der Waals surface area (Å²) in [6, 6.07) is 4.79. The number of Topliss-reactive ketones (excluding diaryl/α,β-unsaturated/α-hetero) is 1. The number of rotatable bonds is 13. The van der Waals surface area contributed by atoms with Gasteiger partial charge in [-0.1, -0.05) is 50.8 Å². The average Bonchev–Trinajstić information content (AvgIpc) is 3.71. The van der Waals surface area contributed by atoms with Crippen LogP contribution in [-0.4, -0.2) is 131 Å². The van der Waals surface area contributed by atoms with Gasteiger partial charge in [0.1, 0.15) is 12.3 Å². The highest BCUT2D eigenvalue weighted by atomic mass is 35.5. The van der Waals surface area contributed by atoms with E-state index in [1.54, 1.807) is 31.3 Å². The predicted molar refractivity (Wildman–Crippen MR) is 222 cm³/mol. The van der Waals surface area contributed by atoms with Crippen LogP contribution in [0, 0.1) is 34.5 Å². The highest BCUT2D eigenvalue weighted by Gasteiger charge is 2.76. The summed E-state index contributed by atoms with van der Waals surface area (Å²) in [7, 11) is -1.09. The van der Waals surface area contributed by atoms with Gasteiger partial charge in [0.25, 0.3) is 0 Å². The lowest BCUT2D eigenvalue weighted by atomic mass is 9.46. The number of carbonyl (C=O) groups excluding carboxylic acids is 3. The number of allylic oxidation sites excluding steroid dienone is 4. The van der Waals surface area contributed by atoms with Gasteiger partial charge in [-0.15, -0.1) is 0 Å². The van der Waals surface area contributed by atoms with Crippen LogP contribution in [0.4, 0.5) is 0 Å². The standard InChI is InChI=1S/C45H64N3O12P.ClH/c1-43-15-14-32(49)21-31(43)11-12-33-34-22-39-45(44(34,2)23-35(50)41(33)43,59-42(58-39)28-8-6-5-7-9-28)38(52)27-57-40(53)25-47-16-18-48(4,19-17-47)26-30-20-29(36(51)24-46-3)10-13-37(30)60-61(54,55)56;/h10,13-15,20-21,28,33-36,39,41-42,46,50-51H,5-9,11-12,16-19,22-27H2,1-4H3,(H-,54,55,56);1H/t33-,34-,35-,36?,39+,41+,42+,43-,44-,45+;/m0./s1. The molecule has 7 aliphatic rings. The van der Waals surface area contributed by atoms with E-state index >= 15 is 0 Å². The number of hydrogen-bond donors (Lipinski definition) is 5. The molecule has 1 unspecified atom stereocenters. The average molecular weight is 906 g/mol. The first kappa shape index (κ1) is 47.4. The molecule has 62 heavy (non-hydrogen) atoms. The monoisotopic (exact) mass is 905 g/mol. The van der Waals surface area contributed by atoms with Gasteiger partial charge in [-0.05, 0) is 87.3 Å². The van der Waals surface area contributed by atoms with E-state index in [0.29, 0.717) is 67.7 Å². The fourth-order valence-corrected chi connectivity index (χ4v) is 13.3. The Bertz CT molecular complexity index is 1980. The Balaban J connectivity index is 0.00000578. The number of phosphoric ester groups is 1. The minimum Gasteiger partial charge on any atom is -1.00 e. The number of phosphoric acid groups is 1. The Kier molecular flexibility index (Phi) is 13.8. The SMILES string of the molecule is CNCC(O)c1ccc(OP(=O)(O)O)c(C[N+]2(C)CCN(CC(=O)OCC(=O)[C@@]34O[C@H](C5CCCCC5)O[C@@H]3C[C@H]3[C@@H]5CCC6=CC(=O)C=C[C@]6(C)[C@H]5[C@@H](O)C[C@@]34C)CC2)c1.[Cl-]. The number of nitrogens with zero attached hydrogens (tertiary/aromatic N) is 2. The van der Waals surface area contributed by atoms with Crippen molar-refractivity contribution in [3.8, 4) is 5.75 Å². The van der Waals surface area contributed by atoms with Crippen LogP contribution in [0.3, 0.4) is 0 Å². The van der Waals surface area contributed by atoms with Crippen molar-refractivity contribution in [2.75, 3.05) is 60.0 Å². The molecule has 15 nitrogen and oxygen atoms in total. The fraction of sp³-hybridized carbons (Fsp3) is 0.711. The van der Waals surface area contributed by atoms with Gasteiger partial charge in [0, 0.05) is 47.9 Å². The number of esters is 1. The third kappa shape index (κ3) is 8.78. The van der Waals surface area contributed by atoms with Crippen LogP contribution in [0.15, 0.2) is 42.0 Å². The first-order valence-corrected chi connectivity index (χ1v) is 23.8. The number of hydrogen-bond acceptors (Lipinski definition) is 12. The number of quaternary nitrogens is 1. The maximum Gasteiger partial charge on any atom is 0.524 e. The molecule has 5 N–H and O–H groups in total. The van der Waals surface area contributed by atoms with E-state index in [1.165, 1.54) is 6.07 Å². The molecule has 6 fully saturated rings. The van der Waals surface area contributed by atoms with E-state index in [2.05, 4.69) is 19.2 Å². The second-order valence-corrected chi connectivity index (χ2v) is 21.0. The van der Waals surface area contributed by atoms with Crippen LogP contribution in [0.2, 0.25) is 0 Å². The number of ether oxygens (including phenoxy) is 3. The number of aliphatic hydroxyl groups excluding tert-OH is 2. The topological polar surface area (TPSA) is 201 Å². The van der Waals surface area contributed by atoms with E-state index < -0.39 is 61.4 Å². The molecule has 10 atom stereocenters. The lowest BCUT2D eigenvalue weighted by Gasteiger charge is -2.59. The molecule has 1 aromatic rings. The number of benzene rings is 1. The van der Waals surface area contributed by atoms with E-state index in [1.807, 2.05) is 18.0 Å². The van der Waals surface area contributed by atoms with Crippen molar-refractivity contribution in [3.05, 3.63) is 53.1 Å². The number of ketones is 2. The minimum absolute atomic E-state index is 0. The Morgan fingerprint density at radius 2 is 1.84 bits per heavy atom. The Hall–Kier alpha value is -2.53. The molecule has 2 saturated heterocycles. The number of likely N-dealkylation sites (N-methyl/N-ethyl adjacent to an activating group) is 2. The summed E-state index contributed by atoms with van der Waals surface area (Å²) in [4.78, 5) is 61.9. The van der Waals surface area contributed by atoms with Crippen molar-refractivity contribution in [2.45, 2.75) is 108 Å². The molecule has 2 heterocycles. The Morgan fingerprint density at radius 3 is 2.53 bits per heavy atom. The maximum atomic E-state index is 14.9. The molecule has 2 aliphatic heterocycles. The van der Waals surface area contributed by atoms with E-state index in [4.69, 9.17) is 18.7 Å². The highest BCUT2D eigenvalue weighted by molar-refractivity contribution is 7.46. The molecule has 17 heteroatoms. The van der Waals surface area contributed by atoms with Crippen molar-refractivity contribution in [2.24, 2.45) is 34.5 Å². The molecule has 0 radical (unpaired) electrons. The lowest BCUT2D eigenvalue weighted by Crippen LogP contribution is -3.00. The minimum atomic E-state index is -4.84. The Labute approximate surface area is 370 Å². The van der Waals surface area contributed by atoms with Gasteiger partial charge in [0.05, 0.1) is 45.0 Å². The predicted octanol–water partition coefficient (Wildman–Crippen LogP) is 0.739. The summed E-state index contributed by atoms with van der Waals surface area (Å²) in [6.45, 7) is 6.69. The number of nitrogens with one attached hydrogen (secondary N) is 1. The molecule has 1 aromatic carbocycles. The molecular weight excluding hydrogens is 841 g/mol. The van der Waals surface area contributed by atoms with Gasteiger partial charge in [-0.3, -0.25) is 29.1 Å². The molecule has 4 saturated carbocycles. The fourth-order valence-electron chi connectivity index (χ4n) is 12.9. The van der Waals surface area contributed by atoms with Gasteiger partial charge >= 0.3 is 13.8 Å². The summed E-state index contributed by atoms with van der Waals surface area (Å²) in [5.41, 5.74) is -0.396. The molecule has 5 aliphatic carbocycles. The van der Waals surface area contributed by atoms with E-state index in [9.17, 15) is 38.9 Å². The van der Waals surface area contributed by atoms with Crippen molar-refractivity contribution in [1.82, 2.24) is 10.2 Å². The van der Waals surface area contributed by atoms with Gasteiger partial charge in [-0.25, -0.2) is 4.57 Å². The quantitative estimate of drug-likeness (QED) is 0.106.